The summed E-state index contributed by atoms with van der Waals surface area (Å²) in [5.74, 6) is 0.793. The topological polar surface area (TPSA) is 54.9 Å². The highest BCUT2D eigenvalue weighted by Gasteiger charge is 2.34. The van der Waals surface area contributed by atoms with E-state index in [0.717, 1.165) is 41.7 Å². The van der Waals surface area contributed by atoms with Gasteiger partial charge in [-0.15, -0.1) is 0 Å². The summed E-state index contributed by atoms with van der Waals surface area (Å²) in [5, 5.41) is 4.88. The molecule has 0 spiro atoms. The lowest BCUT2D eigenvalue weighted by molar-refractivity contribution is -0.912. The van der Waals surface area contributed by atoms with E-state index in [1.165, 1.54) is 17.3 Å². The molecular formula is C25H27Cl2N4OS+. The molecule has 5 nitrogen and oxygen atoms in total. The lowest BCUT2D eigenvalue weighted by Crippen LogP contribution is -2.42. The number of quaternary nitrogens is 1. The summed E-state index contributed by atoms with van der Waals surface area (Å²) in [7, 11) is 2.26. The number of benzene rings is 2. The summed E-state index contributed by atoms with van der Waals surface area (Å²) in [5.41, 5.74) is 3.23. The SMILES string of the molecule is C[N+]1(Cc2ccc(Cl)c(Cl)c2)CCC(CNC(=O)CSc2ncc(-c3ccccc3)cn2)C1. The van der Waals surface area contributed by atoms with Gasteiger partial charge in [-0.05, 0) is 17.7 Å². The van der Waals surface area contributed by atoms with Crippen LogP contribution in [-0.2, 0) is 11.3 Å². The van der Waals surface area contributed by atoms with Gasteiger partial charge in [0.15, 0.2) is 5.16 Å². The van der Waals surface area contributed by atoms with E-state index in [2.05, 4.69) is 22.3 Å². The Morgan fingerprint density at radius 3 is 2.58 bits per heavy atom. The van der Waals surface area contributed by atoms with Gasteiger partial charge in [0.25, 0.3) is 0 Å². The first kappa shape index (κ1) is 24.0. The molecule has 172 valence electrons. The van der Waals surface area contributed by atoms with Crippen LogP contribution in [0.1, 0.15) is 12.0 Å². The summed E-state index contributed by atoms with van der Waals surface area (Å²) in [6, 6.07) is 15.9. The van der Waals surface area contributed by atoms with Crippen LogP contribution < -0.4 is 5.32 Å². The van der Waals surface area contributed by atoms with Crippen molar-refractivity contribution in [2.75, 3.05) is 32.4 Å². The van der Waals surface area contributed by atoms with Gasteiger partial charge in [-0.2, -0.15) is 0 Å². The van der Waals surface area contributed by atoms with Crippen molar-refractivity contribution in [2.45, 2.75) is 18.1 Å². The monoisotopic (exact) mass is 501 g/mol. The molecule has 2 heterocycles. The van der Waals surface area contributed by atoms with E-state index >= 15 is 0 Å². The second-order valence-electron chi connectivity index (χ2n) is 8.80. The molecule has 1 aromatic heterocycles. The molecule has 1 fully saturated rings. The van der Waals surface area contributed by atoms with Gasteiger partial charge in [-0.1, -0.05) is 71.4 Å². The zero-order valence-electron chi connectivity index (χ0n) is 18.5. The van der Waals surface area contributed by atoms with Crippen LogP contribution in [0, 0.1) is 5.92 Å². The molecule has 3 aromatic rings. The summed E-state index contributed by atoms with van der Waals surface area (Å²) in [6.45, 7) is 3.71. The lowest BCUT2D eigenvalue weighted by atomic mass is 10.1. The van der Waals surface area contributed by atoms with Crippen molar-refractivity contribution in [2.24, 2.45) is 5.92 Å². The Balaban J connectivity index is 1.20. The molecule has 1 amide bonds. The third-order valence-corrected chi connectivity index (χ3v) is 7.59. The fourth-order valence-corrected chi connectivity index (χ4v) is 5.24. The largest absolute Gasteiger partial charge is 0.355 e. The van der Waals surface area contributed by atoms with Gasteiger partial charge in [0.05, 0.1) is 35.9 Å². The average molecular weight is 502 g/mol. The van der Waals surface area contributed by atoms with E-state index in [9.17, 15) is 4.79 Å². The molecule has 0 aliphatic carbocycles. The molecule has 0 saturated carbocycles. The number of hydrogen-bond donors (Lipinski definition) is 1. The van der Waals surface area contributed by atoms with Gasteiger partial charge in [0.2, 0.25) is 5.91 Å². The van der Waals surface area contributed by atoms with Gasteiger partial charge >= 0.3 is 0 Å². The highest BCUT2D eigenvalue weighted by Crippen LogP contribution is 2.28. The van der Waals surface area contributed by atoms with Crippen molar-refractivity contribution >= 4 is 40.9 Å². The highest BCUT2D eigenvalue weighted by atomic mass is 35.5. The highest BCUT2D eigenvalue weighted by molar-refractivity contribution is 7.99. The molecule has 2 aromatic carbocycles. The second kappa shape index (κ2) is 10.9. The number of halogens is 2. The number of carbonyl (C=O) groups is 1. The molecule has 2 atom stereocenters. The van der Waals surface area contributed by atoms with Crippen molar-refractivity contribution in [1.29, 1.82) is 0 Å². The maximum absolute atomic E-state index is 12.4. The standard InChI is InChI=1S/C25H26Cl2N4OS/c1-31(15-18-7-8-22(26)23(27)11-18)10-9-19(16-31)12-28-24(32)17-33-25-29-13-21(14-30-25)20-5-3-2-4-6-20/h2-8,11,13-14,19H,9-10,12,15-17H2,1H3/p+1. The van der Waals surface area contributed by atoms with Gasteiger partial charge in [-0.25, -0.2) is 9.97 Å². The number of nitrogens with one attached hydrogen (secondary N) is 1. The number of thioether (sulfide) groups is 1. The fraction of sp³-hybridized carbons (Fsp3) is 0.320. The fourth-order valence-electron chi connectivity index (χ4n) is 4.30. The minimum Gasteiger partial charge on any atom is -0.355 e. The predicted octanol–water partition coefficient (Wildman–Crippen LogP) is 5.33. The molecule has 1 saturated heterocycles. The number of rotatable bonds is 8. The Labute approximate surface area is 209 Å². The van der Waals surface area contributed by atoms with Gasteiger partial charge in [0, 0.05) is 42.4 Å². The number of nitrogens with zero attached hydrogens (tertiary/aromatic N) is 3. The third kappa shape index (κ3) is 6.70. The molecular weight excluding hydrogens is 475 g/mol. The normalized spacial score (nSPS) is 20.0. The smallest absolute Gasteiger partial charge is 0.230 e. The zero-order valence-corrected chi connectivity index (χ0v) is 20.8. The lowest BCUT2D eigenvalue weighted by Gasteiger charge is -2.30. The van der Waals surface area contributed by atoms with Gasteiger partial charge < -0.3 is 9.80 Å². The molecule has 1 aliphatic rings. The van der Waals surface area contributed by atoms with Crippen LogP contribution in [0.15, 0.2) is 66.1 Å². The van der Waals surface area contributed by atoms with E-state index in [-0.39, 0.29) is 5.91 Å². The van der Waals surface area contributed by atoms with Crippen LogP contribution in [0.25, 0.3) is 11.1 Å². The Kier molecular flexibility index (Phi) is 7.91. The minimum atomic E-state index is 0.0151. The number of aromatic nitrogens is 2. The average Bonchev–Trinajstić information content (AvgIpc) is 3.20. The minimum absolute atomic E-state index is 0.0151. The zero-order chi connectivity index (χ0) is 23.3. The van der Waals surface area contributed by atoms with Crippen molar-refractivity contribution in [3.63, 3.8) is 0 Å². The van der Waals surface area contributed by atoms with Crippen molar-refractivity contribution in [1.82, 2.24) is 15.3 Å². The number of likely N-dealkylation sites (tertiary alicyclic amines) is 1. The van der Waals surface area contributed by atoms with Crippen LogP contribution >= 0.6 is 35.0 Å². The summed E-state index contributed by atoms with van der Waals surface area (Å²) < 4.78 is 0.939. The van der Waals surface area contributed by atoms with E-state index in [1.54, 1.807) is 12.4 Å². The molecule has 0 radical (unpaired) electrons. The van der Waals surface area contributed by atoms with Crippen molar-refractivity contribution in [3.8, 4) is 11.1 Å². The summed E-state index contributed by atoms with van der Waals surface area (Å²) >= 11 is 13.6. The summed E-state index contributed by atoms with van der Waals surface area (Å²) in [6.07, 6.45) is 4.69. The summed E-state index contributed by atoms with van der Waals surface area (Å²) in [4.78, 5) is 21.1. The van der Waals surface area contributed by atoms with Crippen LogP contribution in [0.5, 0.6) is 0 Å². The molecule has 33 heavy (non-hydrogen) atoms. The molecule has 4 rings (SSSR count). The van der Waals surface area contributed by atoms with E-state index in [0.29, 0.717) is 33.4 Å². The number of carbonyl (C=O) groups excluding carboxylic acids is 1. The maximum atomic E-state index is 12.4. The van der Waals surface area contributed by atoms with Gasteiger partial charge in [-0.3, -0.25) is 4.79 Å². The molecule has 1 N–H and O–H groups in total. The third-order valence-electron chi connectivity index (χ3n) is 5.98. The first-order valence-electron chi connectivity index (χ1n) is 10.9. The van der Waals surface area contributed by atoms with Crippen LogP contribution in [-0.4, -0.2) is 52.8 Å². The first-order valence-corrected chi connectivity index (χ1v) is 12.7. The predicted molar refractivity (Wildman–Crippen MR) is 135 cm³/mol. The van der Waals surface area contributed by atoms with Crippen molar-refractivity contribution < 1.29 is 9.28 Å². The number of amides is 1. The van der Waals surface area contributed by atoms with E-state index in [1.807, 2.05) is 48.5 Å². The van der Waals surface area contributed by atoms with Crippen LogP contribution in [0.3, 0.4) is 0 Å². The molecule has 0 bridgehead atoms. The first-order chi connectivity index (χ1) is 15.9. The second-order valence-corrected chi connectivity index (χ2v) is 10.6. The van der Waals surface area contributed by atoms with Gasteiger partial charge in [0.1, 0.15) is 6.54 Å². The van der Waals surface area contributed by atoms with E-state index in [4.69, 9.17) is 23.2 Å². The van der Waals surface area contributed by atoms with E-state index < -0.39 is 0 Å². The Morgan fingerprint density at radius 1 is 1.09 bits per heavy atom. The molecule has 2 unspecified atom stereocenters. The van der Waals surface area contributed by atoms with Crippen LogP contribution in [0.2, 0.25) is 10.0 Å². The molecule has 8 heteroatoms. The maximum Gasteiger partial charge on any atom is 0.230 e. The Bertz CT molecular complexity index is 1100. The van der Waals surface area contributed by atoms with Crippen LogP contribution in [0.4, 0.5) is 0 Å². The molecule has 1 aliphatic heterocycles. The quantitative estimate of drug-likeness (QED) is 0.257. The number of hydrogen-bond acceptors (Lipinski definition) is 4. The Hall–Kier alpha value is -2.12. The van der Waals surface area contributed by atoms with Crippen molar-refractivity contribution in [3.05, 3.63) is 76.5 Å². The Morgan fingerprint density at radius 2 is 1.85 bits per heavy atom.